The van der Waals surface area contributed by atoms with E-state index >= 15 is 0 Å². The van der Waals surface area contributed by atoms with Gasteiger partial charge in [0.05, 0.1) is 15.6 Å². The average molecular weight is 559 g/mol. The number of hydrogen-bond acceptors (Lipinski definition) is 5. The van der Waals surface area contributed by atoms with Gasteiger partial charge in [0.2, 0.25) is 10.0 Å². The standard InChI is InChI=1S/C20H22IN3O4S2/c1-28-18-10-5-14(13-17(18)21)19(25)23-20(29)22-15-6-8-16(9-7-15)30(26,27)24-11-3-2-4-12-24/h5-10,13H,2-4,11-12H2,1H3,(H2,22,23,25,29). The van der Waals surface area contributed by atoms with Gasteiger partial charge >= 0.3 is 0 Å². The number of piperidine rings is 1. The van der Waals surface area contributed by atoms with E-state index in [1.54, 1.807) is 49.6 Å². The topological polar surface area (TPSA) is 87.7 Å². The first-order valence-electron chi connectivity index (χ1n) is 9.37. The molecule has 0 saturated carbocycles. The number of anilines is 1. The van der Waals surface area contributed by atoms with Crippen molar-refractivity contribution in [1.29, 1.82) is 0 Å². The number of methoxy groups -OCH3 is 1. The summed E-state index contributed by atoms with van der Waals surface area (Å²) in [6, 6.07) is 11.4. The maximum absolute atomic E-state index is 12.7. The molecule has 0 unspecified atom stereocenters. The molecule has 30 heavy (non-hydrogen) atoms. The van der Waals surface area contributed by atoms with Crippen LogP contribution in [0.2, 0.25) is 0 Å². The molecule has 0 atom stereocenters. The highest BCUT2D eigenvalue weighted by molar-refractivity contribution is 14.1. The molecule has 2 N–H and O–H groups in total. The van der Waals surface area contributed by atoms with Crippen molar-refractivity contribution in [2.24, 2.45) is 0 Å². The maximum Gasteiger partial charge on any atom is 0.257 e. The highest BCUT2D eigenvalue weighted by atomic mass is 127. The molecular formula is C20H22IN3O4S2. The average Bonchev–Trinajstić information content (AvgIpc) is 2.74. The lowest BCUT2D eigenvalue weighted by Gasteiger charge is -2.25. The van der Waals surface area contributed by atoms with Crippen molar-refractivity contribution in [3.05, 3.63) is 51.6 Å². The van der Waals surface area contributed by atoms with E-state index < -0.39 is 10.0 Å². The van der Waals surface area contributed by atoms with Gasteiger partial charge in [-0.3, -0.25) is 10.1 Å². The molecule has 1 heterocycles. The molecule has 160 valence electrons. The minimum atomic E-state index is -3.48. The van der Waals surface area contributed by atoms with Crippen molar-refractivity contribution in [2.75, 3.05) is 25.5 Å². The van der Waals surface area contributed by atoms with Gasteiger partial charge in [-0.2, -0.15) is 4.31 Å². The number of carbonyl (C=O) groups is 1. The van der Waals surface area contributed by atoms with Crippen LogP contribution in [0.4, 0.5) is 5.69 Å². The number of ether oxygens (including phenoxy) is 1. The fourth-order valence-electron chi connectivity index (χ4n) is 3.11. The number of rotatable bonds is 5. The Hall–Kier alpha value is -1.76. The molecule has 2 aromatic rings. The minimum absolute atomic E-state index is 0.123. The van der Waals surface area contributed by atoms with Gasteiger partial charge in [0, 0.05) is 24.3 Å². The van der Waals surface area contributed by atoms with Crippen molar-refractivity contribution in [3.8, 4) is 5.75 Å². The molecule has 10 heteroatoms. The number of hydrogen-bond donors (Lipinski definition) is 2. The molecule has 1 fully saturated rings. The highest BCUT2D eigenvalue weighted by Crippen LogP contribution is 2.23. The molecule has 0 aromatic heterocycles. The minimum Gasteiger partial charge on any atom is -0.496 e. The summed E-state index contributed by atoms with van der Waals surface area (Å²) in [4.78, 5) is 12.6. The molecular weight excluding hydrogens is 537 g/mol. The van der Waals surface area contributed by atoms with Crippen molar-refractivity contribution in [3.63, 3.8) is 0 Å². The molecule has 2 aromatic carbocycles. The van der Waals surface area contributed by atoms with E-state index in [0.717, 1.165) is 22.8 Å². The van der Waals surface area contributed by atoms with Crippen LogP contribution in [0.1, 0.15) is 29.6 Å². The van der Waals surface area contributed by atoms with E-state index in [2.05, 4.69) is 33.2 Å². The predicted molar refractivity (Wildman–Crippen MR) is 128 cm³/mol. The van der Waals surface area contributed by atoms with Gasteiger partial charge in [-0.25, -0.2) is 8.42 Å². The van der Waals surface area contributed by atoms with Crippen LogP contribution in [0.5, 0.6) is 5.75 Å². The molecule has 7 nitrogen and oxygen atoms in total. The summed E-state index contributed by atoms with van der Waals surface area (Å²) in [5, 5.41) is 5.64. The number of carbonyl (C=O) groups excluding carboxylic acids is 1. The Balaban J connectivity index is 1.61. The number of nitrogens with one attached hydrogen (secondary N) is 2. The van der Waals surface area contributed by atoms with Crippen LogP contribution < -0.4 is 15.4 Å². The zero-order valence-electron chi connectivity index (χ0n) is 16.4. The van der Waals surface area contributed by atoms with E-state index in [1.165, 1.54) is 4.31 Å². The summed E-state index contributed by atoms with van der Waals surface area (Å²) < 4.78 is 32.9. The molecule has 1 aliphatic heterocycles. The van der Waals surface area contributed by atoms with Crippen LogP contribution in [0, 0.1) is 3.57 Å². The van der Waals surface area contributed by atoms with Gasteiger partial charge < -0.3 is 10.1 Å². The summed E-state index contributed by atoms with van der Waals surface area (Å²) >= 11 is 7.30. The van der Waals surface area contributed by atoms with E-state index in [0.29, 0.717) is 30.1 Å². The fourth-order valence-corrected chi connectivity index (χ4v) is 5.57. The third-order valence-corrected chi connectivity index (χ3v) is 7.67. The van der Waals surface area contributed by atoms with Gasteiger partial charge in [0.15, 0.2) is 5.11 Å². The molecule has 1 amide bonds. The van der Waals surface area contributed by atoms with Crippen LogP contribution >= 0.6 is 34.8 Å². The van der Waals surface area contributed by atoms with Crippen molar-refractivity contribution < 1.29 is 17.9 Å². The Kier molecular flexibility index (Phi) is 7.66. The fraction of sp³-hybridized carbons (Fsp3) is 0.300. The second-order valence-electron chi connectivity index (χ2n) is 6.75. The molecule has 0 aliphatic carbocycles. The second kappa shape index (κ2) is 10.0. The number of sulfonamides is 1. The van der Waals surface area contributed by atoms with E-state index in [1.807, 2.05) is 0 Å². The summed E-state index contributed by atoms with van der Waals surface area (Å²) in [6.07, 6.45) is 2.84. The summed E-state index contributed by atoms with van der Waals surface area (Å²) in [5.74, 6) is 0.338. The first-order valence-corrected chi connectivity index (χ1v) is 12.3. The normalized spacial score (nSPS) is 14.7. The van der Waals surface area contributed by atoms with Crippen molar-refractivity contribution >= 4 is 61.5 Å². The Labute approximate surface area is 195 Å². The van der Waals surface area contributed by atoms with E-state index in [-0.39, 0.29) is 15.9 Å². The quantitative estimate of drug-likeness (QED) is 0.430. The summed E-state index contributed by atoms with van der Waals surface area (Å²) in [6.45, 7) is 1.12. The lowest BCUT2D eigenvalue weighted by atomic mass is 10.2. The Morgan fingerprint density at radius 2 is 1.77 bits per heavy atom. The number of nitrogens with zero attached hydrogens (tertiary/aromatic N) is 1. The van der Waals surface area contributed by atoms with E-state index in [9.17, 15) is 13.2 Å². The lowest BCUT2D eigenvalue weighted by Crippen LogP contribution is -2.35. The number of amides is 1. The molecule has 1 saturated heterocycles. The monoisotopic (exact) mass is 559 g/mol. The van der Waals surface area contributed by atoms with Crippen molar-refractivity contribution in [2.45, 2.75) is 24.2 Å². The zero-order chi connectivity index (χ0) is 21.7. The molecule has 3 rings (SSSR count). The molecule has 0 bridgehead atoms. The van der Waals surface area contributed by atoms with E-state index in [4.69, 9.17) is 17.0 Å². The smallest absolute Gasteiger partial charge is 0.257 e. The summed E-state index contributed by atoms with van der Waals surface area (Å²) in [7, 11) is -1.91. The van der Waals surface area contributed by atoms with Crippen LogP contribution in [-0.4, -0.2) is 43.9 Å². The Morgan fingerprint density at radius 1 is 1.10 bits per heavy atom. The number of benzene rings is 2. The van der Waals surface area contributed by atoms with Crippen LogP contribution in [0.25, 0.3) is 0 Å². The van der Waals surface area contributed by atoms with Gasteiger partial charge in [-0.05, 0) is 90.1 Å². The Bertz CT molecular complexity index is 1040. The third-order valence-electron chi connectivity index (χ3n) is 4.71. The maximum atomic E-state index is 12.7. The lowest BCUT2D eigenvalue weighted by molar-refractivity contribution is 0.0977. The first kappa shape index (κ1) is 22.9. The van der Waals surface area contributed by atoms with Gasteiger partial charge in [0.1, 0.15) is 5.75 Å². The number of thiocarbonyl (C=S) groups is 1. The largest absolute Gasteiger partial charge is 0.496 e. The van der Waals surface area contributed by atoms with Crippen molar-refractivity contribution in [1.82, 2.24) is 9.62 Å². The van der Waals surface area contributed by atoms with Gasteiger partial charge in [-0.1, -0.05) is 6.42 Å². The SMILES string of the molecule is COc1ccc(C(=O)NC(=S)Nc2ccc(S(=O)(=O)N3CCCCC3)cc2)cc1I. The van der Waals surface area contributed by atoms with Gasteiger partial charge in [0.25, 0.3) is 5.91 Å². The second-order valence-corrected chi connectivity index (χ2v) is 10.3. The van der Waals surface area contributed by atoms with Crippen LogP contribution in [0.15, 0.2) is 47.4 Å². The predicted octanol–water partition coefficient (Wildman–Crippen LogP) is 3.60. The zero-order valence-corrected chi connectivity index (χ0v) is 20.1. The highest BCUT2D eigenvalue weighted by Gasteiger charge is 2.25. The Morgan fingerprint density at radius 3 is 2.37 bits per heavy atom. The third kappa shape index (κ3) is 5.48. The van der Waals surface area contributed by atoms with Gasteiger partial charge in [-0.15, -0.1) is 0 Å². The molecule has 0 radical (unpaired) electrons. The number of halogens is 1. The van der Waals surface area contributed by atoms with Crippen LogP contribution in [-0.2, 0) is 10.0 Å². The molecule has 1 aliphatic rings. The molecule has 0 spiro atoms. The first-order chi connectivity index (χ1) is 14.3. The van der Waals surface area contributed by atoms with Crippen LogP contribution in [0.3, 0.4) is 0 Å². The summed E-state index contributed by atoms with van der Waals surface area (Å²) in [5.41, 5.74) is 1.04.